The molecule has 2 atom stereocenters. The number of nitrogens with zero attached hydrogens (tertiary/aromatic N) is 5. The fraction of sp³-hybridized carbons (Fsp3) is 0.400. The molecule has 3 aromatic heterocycles. The summed E-state index contributed by atoms with van der Waals surface area (Å²) in [6.45, 7) is 4.81. The summed E-state index contributed by atoms with van der Waals surface area (Å²) in [7, 11) is 0. The van der Waals surface area contributed by atoms with E-state index < -0.39 is 0 Å². The van der Waals surface area contributed by atoms with Gasteiger partial charge in [0.1, 0.15) is 0 Å². The Balaban J connectivity index is 1.49. The van der Waals surface area contributed by atoms with E-state index in [2.05, 4.69) is 16.1 Å². The van der Waals surface area contributed by atoms with Gasteiger partial charge in [-0.05, 0) is 56.0 Å². The monoisotopic (exact) mass is 379 g/mol. The number of carbonyl (C=O) groups is 1. The molecule has 3 aromatic rings. The Bertz CT molecular complexity index is 1010. The highest BCUT2D eigenvalue weighted by Crippen LogP contribution is 2.38. The number of hydrogen-bond donors (Lipinski definition) is 0. The normalized spacial score (nSPS) is 21.2. The minimum atomic E-state index is 0.0940. The van der Waals surface area contributed by atoms with Gasteiger partial charge in [0.25, 0.3) is 11.9 Å². The molecule has 2 fully saturated rings. The molecular weight excluding hydrogens is 358 g/mol. The fourth-order valence-corrected chi connectivity index (χ4v) is 5.13. The largest absolute Gasteiger partial charge is 0.335 e. The molecule has 1 saturated heterocycles. The molecule has 0 aromatic carbocycles. The first-order chi connectivity index (χ1) is 13.1. The second kappa shape index (κ2) is 6.27. The molecule has 1 aliphatic carbocycles. The molecule has 4 heterocycles. The number of rotatable bonds is 3. The van der Waals surface area contributed by atoms with Crippen molar-refractivity contribution < 1.29 is 4.79 Å². The lowest BCUT2D eigenvalue weighted by molar-refractivity contribution is 0.0703. The zero-order valence-electron chi connectivity index (χ0n) is 15.4. The molecule has 6 nitrogen and oxygen atoms in total. The van der Waals surface area contributed by atoms with Crippen molar-refractivity contribution in [2.24, 2.45) is 5.92 Å². The van der Waals surface area contributed by atoms with Crippen molar-refractivity contribution in [3.63, 3.8) is 0 Å². The van der Waals surface area contributed by atoms with Crippen LogP contribution in [0.4, 0.5) is 0 Å². The van der Waals surface area contributed by atoms with E-state index in [1.54, 1.807) is 22.2 Å². The molecule has 2 aliphatic rings. The number of amides is 1. The first kappa shape index (κ1) is 16.6. The summed E-state index contributed by atoms with van der Waals surface area (Å²) < 4.78 is 1.68. The third-order valence-electron chi connectivity index (χ3n) is 5.81. The third-order valence-corrected chi connectivity index (χ3v) is 6.69. The summed E-state index contributed by atoms with van der Waals surface area (Å²) >= 11 is 1.65. The van der Waals surface area contributed by atoms with E-state index in [0.29, 0.717) is 23.5 Å². The smallest absolute Gasteiger partial charge is 0.257 e. The van der Waals surface area contributed by atoms with E-state index in [9.17, 15) is 4.79 Å². The number of piperidine rings is 1. The highest BCUT2D eigenvalue weighted by Gasteiger charge is 2.41. The zero-order chi connectivity index (χ0) is 18.5. The van der Waals surface area contributed by atoms with E-state index in [4.69, 9.17) is 4.98 Å². The lowest BCUT2D eigenvalue weighted by atomic mass is 10.1. The van der Waals surface area contributed by atoms with Crippen molar-refractivity contribution in [1.29, 1.82) is 0 Å². The van der Waals surface area contributed by atoms with Crippen LogP contribution in [0.1, 0.15) is 40.9 Å². The SMILES string of the molecule is Cc1cnc(-n2ncc(C(=O)N3C[C@H]4CC[C@H]3C4)c2C)nc1-c1cccs1. The molecule has 138 valence electrons. The van der Waals surface area contributed by atoms with Crippen molar-refractivity contribution in [2.75, 3.05) is 6.54 Å². The maximum atomic E-state index is 13.0. The van der Waals surface area contributed by atoms with Gasteiger partial charge in [0.2, 0.25) is 0 Å². The first-order valence-electron chi connectivity index (χ1n) is 9.35. The average molecular weight is 379 g/mol. The van der Waals surface area contributed by atoms with Crippen LogP contribution in [0.25, 0.3) is 16.5 Å². The van der Waals surface area contributed by atoms with Gasteiger partial charge in [0.05, 0.1) is 28.0 Å². The topological polar surface area (TPSA) is 63.9 Å². The second-order valence-electron chi connectivity index (χ2n) is 7.52. The second-order valence-corrected chi connectivity index (χ2v) is 8.47. The first-order valence-corrected chi connectivity index (χ1v) is 10.2. The average Bonchev–Trinajstić information content (AvgIpc) is 3.46. The Labute approximate surface area is 161 Å². The van der Waals surface area contributed by atoms with Crippen LogP contribution in [0.2, 0.25) is 0 Å². The summed E-state index contributed by atoms with van der Waals surface area (Å²) in [5.41, 5.74) is 3.39. The Morgan fingerprint density at radius 2 is 2.15 bits per heavy atom. The molecule has 1 saturated carbocycles. The van der Waals surface area contributed by atoms with Crippen molar-refractivity contribution in [3.05, 3.63) is 46.7 Å². The van der Waals surface area contributed by atoms with Crippen molar-refractivity contribution >= 4 is 17.2 Å². The molecule has 2 bridgehead atoms. The zero-order valence-corrected chi connectivity index (χ0v) is 16.2. The molecule has 0 unspecified atom stereocenters. The molecule has 7 heteroatoms. The van der Waals surface area contributed by atoms with Crippen LogP contribution in [0.3, 0.4) is 0 Å². The van der Waals surface area contributed by atoms with Crippen molar-refractivity contribution in [1.82, 2.24) is 24.6 Å². The van der Waals surface area contributed by atoms with Gasteiger partial charge < -0.3 is 4.90 Å². The van der Waals surface area contributed by atoms with E-state index >= 15 is 0 Å². The van der Waals surface area contributed by atoms with Crippen molar-refractivity contribution in [2.45, 2.75) is 39.2 Å². The van der Waals surface area contributed by atoms with E-state index in [1.807, 2.05) is 36.4 Å². The minimum absolute atomic E-state index is 0.0940. The molecule has 0 N–H and O–H groups in total. The number of aryl methyl sites for hydroxylation is 1. The van der Waals surface area contributed by atoms with Crippen LogP contribution < -0.4 is 0 Å². The molecule has 1 amide bonds. The molecule has 5 rings (SSSR count). The third kappa shape index (κ3) is 2.68. The maximum Gasteiger partial charge on any atom is 0.257 e. The summed E-state index contributed by atoms with van der Waals surface area (Å²) in [5, 5.41) is 6.48. The number of fused-ring (bicyclic) bond motifs is 2. The Kier molecular flexibility index (Phi) is 3.86. The summed E-state index contributed by atoms with van der Waals surface area (Å²) in [6.07, 6.45) is 7.03. The van der Waals surface area contributed by atoms with Crippen LogP contribution in [0, 0.1) is 19.8 Å². The van der Waals surface area contributed by atoms with E-state index in [-0.39, 0.29) is 5.91 Å². The van der Waals surface area contributed by atoms with Crippen molar-refractivity contribution in [3.8, 4) is 16.5 Å². The summed E-state index contributed by atoms with van der Waals surface area (Å²) in [6, 6.07) is 4.48. The molecular formula is C20H21N5OS. The molecule has 27 heavy (non-hydrogen) atoms. The number of thiophene rings is 1. The predicted molar refractivity (Wildman–Crippen MR) is 104 cm³/mol. The molecule has 0 radical (unpaired) electrons. The van der Waals surface area contributed by atoms with Crippen LogP contribution in [0.5, 0.6) is 0 Å². The van der Waals surface area contributed by atoms with Crippen LogP contribution in [0.15, 0.2) is 29.9 Å². The van der Waals surface area contributed by atoms with Gasteiger partial charge >= 0.3 is 0 Å². The highest BCUT2D eigenvalue weighted by molar-refractivity contribution is 7.13. The number of likely N-dealkylation sites (tertiary alicyclic amines) is 1. The number of hydrogen-bond acceptors (Lipinski definition) is 5. The van der Waals surface area contributed by atoms with E-state index in [0.717, 1.165) is 41.2 Å². The van der Waals surface area contributed by atoms with E-state index in [1.165, 1.54) is 6.42 Å². The Morgan fingerprint density at radius 1 is 1.26 bits per heavy atom. The van der Waals surface area contributed by atoms with Crippen LogP contribution in [-0.2, 0) is 0 Å². The summed E-state index contributed by atoms with van der Waals surface area (Å²) in [5.74, 6) is 1.28. The lowest BCUT2D eigenvalue weighted by Gasteiger charge is -2.26. The quantitative estimate of drug-likeness (QED) is 0.697. The summed E-state index contributed by atoms with van der Waals surface area (Å²) in [4.78, 5) is 25.4. The number of aromatic nitrogens is 4. The van der Waals surface area contributed by atoms with Gasteiger partial charge in [-0.25, -0.2) is 14.6 Å². The predicted octanol–water partition coefficient (Wildman–Crippen LogP) is 3.63. The van der Waals surface area contributed by atoms with Crippen LogP contribution in [-0.4, -0.2) is 43.1 Å². The standard InChI is InChI=1S/C20H21N5OS/c1-12-9-21-20(23-18(12)17-4-3-7-27-17)25-13(2)16(10-22-25)19(26)24-11-14-5-6-15(24)8-14/h3-4,7,9-10,14-15H,5-6,8,11H2,1-2H3/t14-,15-/m0/s1. The van der Waals surface area contributed by atoms with Gasteiger partial charge in [0, 0.05) is 18.8 Å². The molecule has 1 aliphatic heterocycles. The van der Waals surface area contributed by atoms with Gasteiger partial charge in [-0.1, -0.05) is 6.07 Å². The highest BCUT2D eigenvalue weighted by atomic mass is 32.1. The van der Waals surface area contributed by atoms with Gasteiger partial charge in [-0.15, -0.1) is 11.3 Å². The lowest BCUT2D eigenvalue weighted by Crippen LogP contribution is -2.37. The minimum Gasteiger partial charge on any atom is -0.335 e. The van der Waals surface area contributed by atoms with Gasteiger partial charge in [-0.3, -0.25) is 4.79 Å². The fourth-order valence-electron chi connectivity index (χ4n) is 4.35. The van der Waals surface area contributed by atoms with Crippen LogP contribution >= 0.6 is 11.3 Å². The maximum absolute atomic E-state index is 13.0. The Morgan fingerprint density at radius 3 is 2.85 bits per heavy atom. The molecule has 0 spiro atoms. The van der Waals surface area contributed by atoms with Gasteiger partial charge in [-0.2, -0.15) is 5.10 Å². The van der Waals surface area contributed by atoms with Gasteiger partial charge in [0.15, 0.2) is 0 Å². The number of carbonyl (C=O) groups excluding carboxylic acids is 1. The Hall–Kier alpha value is -2.54.